The first kappa shape index (κ1) is 28.8. The van der Waals surface area contributed by atoms with Crippen molar-refractivity contribution in [2.45, 2.75) is 77.5 Å². The molecule has 2 rings (SSSR count). The summed E-state index contributed by atoms with van der Waals surface area (Å²) in [4.78, 5) is 61.9. The van der Waals surface area contributed by atoms with E-state index in [4.69, 9.17) is 23.7 Å². The quantitative estimate of drug-likeness (QED) is 0.240. The molecule has 1 aliphatic carbocycles. The third kappa shape index (κ3) is 6.39. The summed E-state index contributed by atoms with van der Waals surface area (Å²) >= 11 is 0. The first-order valence-corrected chi connectivity index (χ1v) is 11.3. The number of esters is 5. The van der Waals surface area contributed by atoms with Gasteiger partial charge in [-0.2, -0.15) is 0 Å². The van der Waals surface area contributed by atoms with Gasteiger partial charge in [0.05, 0.1) is 18.6 Å². The first-order chi connectivity index (χ1) is 16.7. The number of methoxy groups -OCH3 is 1. The standard InChI is InChI=1S/C25H32O11/c1-12-9-8-10-17(23(29)32-7)20(34-16(5)27)21(19-13(2)22(28)35-18(19)11-12)36-24(30)25(6,31)14(3)33-15(4)26/h10-11,14,18-21,31H,2,8-9H2,1,3-7H3/b12-11-,17-10-/t14-,18-,19-,20+,21-,25-/m1/s1. The lowest BCUT2D eigenvalue weighted by atomic mass is 9.83. The Kier molecular flexibility index (Phi) is 9.20. The van der Waals surface area contributed by atoms with E-state index in [-0.39, 0.29) is 11.1 Å². The van der Waals surface area contributed by atoms with Crippen LogP contribution in [-0.2, 0) is 47.7 Å². The highest BCUT2D eigenvalue weighted by Gasteiger charge is 2.52. The molecule has 6 atom stereocenters. The average molecular weight is 509 g/mol. The van der Waals surface area contributed by atoms with E-state index in [2.05, 4.69) is 6.58 Å². The monoisotopic (exact) mass is 508 g/mol. The largest absolute Gasteiger partial charge is 0.466 e. The molecule has 1 saturated heterocycles. The van der Waals surface area contributed by atoms with Crippen LogP contribution in [0.3, 0.4) is 0 Å². The molecule has 0 spiro atoms. The van der Waals surface area contributed by atoms with Crippen LogP contribution in [0.15, 0.2) is 35.5 Å². The van der Waals surface area contributed by atoms with Gasteiger partial charge in [0.2, 0.25) is 0 Å². The molecule has 2 aliphatic rings. The van der Waals surface area contributed by atoms with Crippen molar-refractivity contribution in [2.75, 3.05) is 7.11 Å². The maximum absolute atomic E-state index is 13.2. The van der Waals surface area contributed by atoms with E-state index in [0.717, 1.165) is 33.5 Å². The molecule has 36 heavy (non-hydrogen) atoms. The van der Waals surface area contributed by atoms with Crippen molar-refractivity contribution in [3.05, 3.63) is 35.5 Å². The second-order valence-electron chi connectivity index (χ2n) is 8.92. The summed E-state index contributed by atoms with van der Waals surface area (Å²) in [6.07, 6.45) is -1.39. The zero-order valence-corrected chi connectivity index (χ0v) is 21.2. The minimum Gasteiger partial charge on any atom is -0.466 e. The Labute approximate surface area is 209 Å². The predicted molar refractivity (Wildman–Crippen MR) is 123 cm³/mol. The SMILES string of the molecule is C=C1C(=O)O[C@@H]2/C=C(/C)CC/C=C(\C(=O)OC)[C@H](OC(C)=O)[C@H](OC(=O)[C@](C)(O)[C@@H](C)OC(C)=O)[C@H]12. The van der Waals surface area contributed by atoms with Gasteiger partial charge in [-0.05, 0) is 39.7 Å². The molecule has 11 nitrogen and oxygen atoms in total. The minimum absolute atomic E-state index is 0.0866. The normalized spacial score (nSPS) is 29.5. The fourth-order valence-corrected chi connectivity index (χ4v) is 3.96. The van der Waals surface area contributed by atoms with Crippen molar-refractivity contribution in [3.8, 4) is 0 Å². The zero-order valence-electron chi connectivity index (χ0n) is 21.2. The fourth-order valence-electron chi connectivity index (χ4n) is 3.96. The highest BCUT2D eigenvalue weighted by molar-refractivity contribution is 5.93. The van der Waals surface area contributed by atoms with Crippen LogP contribution in [0.4, 0.5) is 0 Å². The molecule has 0 saturated carbocycles. The zero-order chi connectivity index (χ0) is 27.4. The smallest absolute Gasteiger partial charge is 0.342 e. The summed E-state index contributed by atoms with van der Waals surface area (Å²) < 4.78 is 26.4. The number of hydrogen-bond donors (Lipinski definition) is 1. The van der Waals surface area contributed by atoms with Gasteiger partial charge in [0, 0.05) is 19.4 Å². The third-order valence-electron chi connectivity index (χ3n) is 6.08. The highest BCUT2D eigenvalue weighted by Crippen LogP contribution is 2.38. The Balaban J connectivity index is 2.68. The van der Waals surface area contributed by atoms with Crippen molar-refractivity contribution >= 4 is 29.8 Å². The van der Waals surface area contributed by atoms with Crippen molar-refractivity contribution < 1.29 is 52.8 Å². The Morgan fingerprint density at radius 1 is 1.19 bits per heavy atom. The van der Waals surface area contributed by atoms with Crippen LogP contribution >= 0.6 is 0 Å². The molecule has 0 aromatic carbocycles. The average Bonchev–Trinajstić information content (AvgIpc) is 3.04. The molecule has 1 aliphatic heterocycles. The van der Waals surface area contributed by atoms with Crippen LogP contribution < -0.4 is 0 Å². The topological polar surface area (TPSA) is 152 Å². The summed E-state index contributed by atoms with van der Waals surface area (Å²) in [6.45, 7) is 10.1. The molecule has 1 fully saturated rings. The lowest BCUT2D eigenvalue weighted by Gasteiger charge is -2.36. The van der Waals surface area contributed by atoms with Crippen LogP contribution in [0, 0.1) is 5.92 Å². The van der Waals surface area contributed by atoms with Gasteiger partial charge in [-0.3, -0.25) is 9.59 Å². The number of ether oxygens (including phenoxy) is 5. The van der Waals surface area contributed by atoms with Crippen LogP contribution in [0.2, 0.25) is 0 Å². The van der Waals surface area contributed by atoms with Gasteiger partial charge in [0.15, 0.2) is 17.8 Å². The van der Waals surface area contributed by atoms with Gasteiger partial charge in [0.25, 0.3) is 0 Å². The van der Waals surface area contributed by atoms with E-state index < -0.39 is 65.8 Å². The number of rotatable bonds is 6. The third-order valence-corrected chi connectivity index (χ3v) is 6.08. The summed E-state index contributed by atoms with van der Waals surface area (Å²) in [5.74, 6) is -5.52. The van der Waals surface area contributed by atoms with E-state index >= 15 is 0 Å². The Morgan fingerprint density at radius 2 is 1.83 bits per heavy atom. The van der Waals surface area contributed by atoms with E-state index in [9.17, 15) is 29.1 Å². The van der Waals surface area contributed by atoms with E-state index in [1.165, 1.54) is 13.0 Å². The number of aliphatic hydroxyl groups is 1. The van der Waals surface area contributed by atoms with E-state index in [0.29, 0.717) is 12.8 Å². The predicted octanol–water partition coefficient (Wildman–Crippen LogP) is 1.47. The maximum Gasteiger partial charge on any atom is 0.342 e. The fraction of sp³-hybridized carbons (Fsp3) is 0.560. The molecule has 1 heterocycles. The van der Waals surface area contributed by atoms with E-state index in [1.807, 2.05) is 0 Å². The number of fused-ring (bicyclic) bond motifs is 1. The molecule has 0 aromatic rings. The van der Waals surface area contributed by atoms with Gasteiger partial charge in [0.1, 0.15) is 12.2 Å². The lowest BCUT2D eigenvalue weighted by molar-refractivity contribution is -0.196. The highest BCUT2D eigenvalue weighted by atomic mass is 16.6. The number of carbonyl (C=O) groups excluding carboxylic acids is 5. The van der Waals surface area contributed by atoms with Crippen molar-refractivity contribution in [2.24, 2.45) is 5.92 Å². The van der Waals surface area contributed by atoms with Gasteiger partial charge in [-0.15, -0.1) is 0 Å². The molecule has 0 aromatic heterocycles. The van der Waals surface area contributed by atoms with Crippen LogP contribution in [0.1, 0.15) is 47.5 Å². The van der Waals surface area contributed by atoms with E-state index in [1.54, 1.807) is 13.0 Å². The molecule has 0 radical (unpaired) electrons. The van der Waals surface area contributed by atoms with Crippen molar-refractivity contribution in [1.29, 1.82) is 0 Å². The summed E-state index contributed by atoms with van der Waals surface area (Å²) in [7, 11) is 1.13. The maximum atomic E-state index is 13.2. The number of allylic oxidation sites excluding steroid dienone is 2. The number of carbonyl (C=O) groups is 5. The number of hydrogen-bond acceptors (Lipinski definition) is 11. The second kappa shape index (κ2) is 11.5. The van der Waals surface area contributed by atoms with Crippen LogP contribution in [0.5, 0.6) is 0 Å². The molecule has 1 N–H and O–H groups in total. The van der Waals surface area contributed by atoms with Crippen LogP contribution in [0.25, 0.3) is 0 Å². The van der Waals surface area contributed by atoms with Crippen molar-refractivity contribution in [3.63, 3.8) is 0 Å². The molecule has 0 bridgehead atoms. The molecular formula is C25H32O11. The molecule has 11 heteroatoms. The lowest BCUT2D eigenvalue weighted by Crippen LogP contribution is -2.53. The van der Waals surface area contributed by atoms with Gasteiger partial charge in [-0.25, -0.2) is 14.4 Å². The summed E-state index contributed by atoms with van der Waals surface area (Å²) in [6, 6.07) is 0. The molecule has 0 unspecified atom stereocenters. The van der Waals surface area contributed by atoms with Gasteiger partial charge in [-0.1, -0.05) is 18.2 Å². The molecular weight excluding hydrogens is 476 g/mol. The Morgan fingerprint density at radius 3 is 2.39 bits per heavy atom. The first-order valence-electron chi connectivity index (χ1n) is 11.3. The van der Waals surface area contributed by atoms with Crippen molar-refractivity contribution in [1.82, 2.24) is 0 Å². The molecule has 198 valence electrons. The van der Waals surface area contributed by atoms with Gasteiger partial charge < -0.3 is 28.8 Å². The summed E-state index contributed by atoms with van der Waals surface area (Å²) in [5, 5.41) is 10.8. The molecule has 0 amide bonds. The van der Waals surface area contributed by atoms with Gasteiger partial charge >= 0.3 is 29.8 Å². The Bertz CT molecular complexity index is 1000. The summed E-state index contributed by atoms with van der Waals surface area (Å²) in [5.41, 5.74) is -1.74. The second-order valence-corrected chi connectivity index (χ2v) is 8.92. The minimum atomic E-state index is -2.34. The Hall–Kier alpha value is -3.47. The van der Waals surface area contributed by atoms with Crippen LogP contribution in [-0.4, -0.2) is 72.1 Å².